The van der Waals surface area contributed by atoms with Crippen molar-refractivity contribution < 1.29 is 14.3 Å². The molecular formula is C36H48N4O3. The highest BCUT2D eigenvalue weighted by Crippen LogP contribution is 2.38. The van der Waals surface area contributed by atoms with E-state index in [2.05, 4.69) is 70.0 Å². The van der Waals surface area contributed by atoms with E-state index in [4.69, 9.17) is 14.6 Å². The summed E-state index contributed by atoms with van der Waals surface area (Å²) in [6, 6.07) is 16.8. The molecule has 2 heterocycles. The van der Waals surface area contributed by atoms with Crippen LogP contribution >= 0.6 is 0 Å². The number of nitrogens with one attached hydrogen (secondary N) is 1. The number of ether oxygens (including phenoxy) is 2. The van der Waals surface area contributed by atoms with Gasteiger partial charge in [0.25, 0.3) is 5.91 Å². The molecule has 0 aliphatic carbocycles. The van der Waals surface area contributed by atoms with Crippen LogP contribution in [0.4, 0.5) is 0 Å². The number of rotatable bonds is 14. The van der Waals surface area contributed by atoms with E-state index in [-0.39, 0.29) is 23.3 Å². The molecular weight excluding hydrogens is 536 g/mol. The lowest BCUT2D eigenvalue weighted by atomic mass is 9.76. The molecule has 0 aliphatic heterocycles. The van der Waals surface area contributed by atoms with Crippen molar-refractivity contribution >= 4 is 11.6 Å². The van der Waals surface area contributed by atoms with Crippen molar-refractivity contribution in [3.05, 3.63) is 82.8 Å². The van der Waals surface area contributed by atoms with Crippen molar-refractivity contribution in [2.75, 3.05) is 20.3 Å². The fourth-order valence-electron chi connectivity index (χ4n) is 5.25. The molecule has 1 N–H and O–H groups in total. The van der Waals surface area contributed by atoms with Gasteiger partial charge in [0.2, 0.25) is 0 Å². The molecule has 4 rings (SSSR count). The average molecular weight is 585 g/mol. The van der Waals surface area contributed by atoms with Crippen LogP contribution in [-0.4, -0.2) is 40.8 Å². The molecule has 230 valence electrons. The zero-order chi connectivity index (χ0) is 31.2. The summed E-state index contributed by atoms with van der Waals surface area (Å²) in [5.74, 6) is 0.775. The lowest BCUT2D eigenvalue weighted by Crippen LogP contribution is -2.27. The highest BCUT2D eigenvalue weighted by molar-refractivity contribution is 5.95. The SMILES string of the molecule is CCC(C)(C)c1ccc(OCCCCNC(=O)c2cnc3c(-c4ccccc4)c(C)nn3c2COC)c(C(C)(C)CC)c1. The number of unbranched alkanes of at least 4 members (excludes halogenated alkanes) is 1. The van der Waals surface area contributed by atoms with Crippen LogP contribution in [0.1, 0.15) is 100 Å². The first-order valence-corrected chi connectivity index (χ1v) is 15.5. The molecule has 0 bridgehead atoms. The molecule has 0 unspecified atom stereocenters. The summed E-state index contributed by atoms with van der Waals surface area (Å²) in [6.45, 7) is 17.0. The van der Waals surface area contributed by atoms with E-state index in [1.165, 1.54) is 11.1 Å². The highest BCUT2D eigenvalue weighted by Gasteiger charge is 2.27. The molecule has 0 saturated heterocycles. The Bertz CT molecular complexity index is 1540. The molecule has 7 nitrogen and oxygen atoms in total. The molecule has 2 aromatic carbocycles. The van der Waals surface area contributed by atoms with E-state index in [1.54, 1.807) is 17.8 Å². The molecule has 0 atom stereocenters. The fourth-order valence-corrected chi connectivity index (χ4v) is 5.25. The van der Waals surface area contributed by atoms with Gasteiger partial charge in [-0.05, 0) is 60.6 Å². The lowest BCUT2D eigenvalue weighted by Gasteiger charge is -2.30. The van der Waals surface area contributed by atoms with Crippen molar-refractivity contribution in [1.82, 2.24) is 19.9 Å². The highest BCUT2D eigenvalue weighted by atomic mass is 16.5. The molecule has 1 amide bonds. The Morgan fingerprint density at radius 3 is 2.37 bits per heavy atom. The standard InChI is InChI=1S/C36H48N4O3/c1-9-35(4,5)27-18-19-31(29(22-27)36(6,7)10-2)43-21-15-14-20-37-34(41)28-23-38-33-32(26-16-12-11-13-17-26)25(3)39-40(33)30(28)24-42-8/h11-13,16-19,22-23H,9-10,14-15,20-21,24H2,1-8H3,(H,37,41). The number of methoxy groups -OCH3 is 1. The van der Waals surface area contributed by atoms with Gasteiger partial charge in [-0.2, -0.15) is 5.10 Å². The number of hydrogen-bond donors (Lipinski definition) is 1. The van der Waals surface area contributed by atoms with Gasteiger partial charge in [-0.1, -0.05) is 84.0 Å². The molecule has 4 aromatic rings. The predicted molar refractivity (Wildman–Crippen MR) is 174 cm³/mol. The summed E-state index contributed by atoms with van der Waals surface area (Å²) in [6.07, 6.45) is 5.38. The average Bonchev–Trinajstić information content (AvgIpc) is 3.35. The van der Waals surface area contributed by atoms with Gasteiger partial charge in [0.1, 0.15) is 5.75 Å². The van der Waals surface area contributed by atoms with Gasteiger partial charge >= 0.3 is 0 Å². The monoisotopic (exact) mass is 584 g/mol. The van der Waals surface area contributed by atoms with E-state index in [1.807, 2.05) is 37.3 Å². The van der Waals surface area contributed by atoms with Crippen LogP contribution in [0.25, 0.3) is 16.8 Å². The zero-order valence-corrected chi connectivity index (χ0v) is 27.2. The Hall–Kier alpha value is -3.71. The summed E-state index contributed by atoms with van der Waals surface area (Å²) >= 11 is 0. The maximum atomic E-state index is 13.2. The van der Waals surface area contributed by atoms with Crippen LogP contribution in [-0.2, 0) is 22.2 Å². The van der Waals surface area contributed by atoms with Crippen LogP contribution in [0, 0.1) is 6.92 Å². The van der Waals surface area contributed by atoms with Gasteiger partial charge in [0.15, 0.2) is 5.65 Å². The lowest BCUT2D eigenvalue weighted by molar-refractivity contribution is 0.0945. The van der Waals surface area contributed by atoms with Gasteiger partial charge in [0.05, 0.1) is 30.2 Å². The number of carbonyl (C=O) groups excluding carboxylic acids is 1. The summed E-state index contributed by atoms with van der Waals surface area (Å²) in [5, 5.41) is 7.79. The van der Waals surface area contributed by atoms with Crippen LogP contribution in [0.2, 0.25) is 0 Å². The third-order valence-corrected chi connectivity index (χ3v) is 8.88. The maximum Gasteiger partial charge on any atom is 0.254 e. The fraction of sp³-hybridized carbons (Fsp3) is 0.472. The van der Waals surface area contributed by atoms with Gasteiger partial charge in [-0.15, -0.1) is 0 Å². The second-order valence-electron chi connectivity index (χ2n) is 12.6. The largest absolute Gasteiger partial charge is 0.493 e. The zero-order valence-electron chi connectivity index (χ0n) is 27.2. The van der Waals surface area contributed by atoms with Crippen molar-refractivity contribution in [3.63, 3.8) is 0 Å². The minimum Gasteiger partial charge on any atom is -0.493 e. The Balaban J connectivity index is 1.40. The molecule has 2 aromatic heterocycles. The third-order valence-electron chi connectivity index (χ3n) is 8.88. The molecule has 0 radical (unpaired) electrons. The van der Waals surface area contributed by atoms with Crippen molar-refractivity contribution in [1.29, 1.82) is 0 Å². The number of nitrogens with zero attached hydrogens (tertiary/aromatic N) is 3. The minimum atomic E-state index is -0.183. The second-order valence-corrected chi connectivity index (χ2v) is 12.6. The first-order valence-electron chi connectivity index (χ1n) is 15.5. The van der Waals surface area contributed by atoms with Gasteiger partial charge in [-0.25, -0.2) is 9.50 Å². The molecule has 0 saturated carbocycles. The number of amides is 1. The number of hydrogen-bond acceptors (Lipinski definition) is 5. The summed E-state index contributed by atoms with van der Waals surface area (Å²) in [5.41, 5.74) is 7.46. The number of fused-ring (bicyclic) bond motifs is 1. The van der Waals surface area contributed by atoms with Crippen molar-refractivity contribution in [2.24, 2.45) is 0 Å². The van der Waals surface area contributed by atoms with Gasteiger partial charge < -0.3 is 14.8 Å². The second kappa shape index (κ2) is 13.7. The summed E-state index contributed by atoms with van der Waals surface area (Å²) < 4.78 is 13.5. The number of benzene rings is 2. The summed E-state index contributed by atoms with van der Waals surface area (Å²) in [7, 11) is 1.62. The normalized spacial score (nSPS) is 12.1. The Labute approximate surface area is 257 Å². The van der Waals surface area contributed by atoms with Gasteiger partial charge in [-0.3, -0.25) is 4.79 Å². The van der Waals surface area contributed by atoms with Crippen LogP contribution in [0.15, 0.2) is 54.7 Å². The number of aromatic nitrogens is 3. The first kappa shape index (κ1) is 32.2. The Morgan fingerprint density at radius 2 is 1.70 bits per heavy atom. The van der Waals surface area contributed by atoms with E-state index in [0.29, 0.717) is 30.1 Å². The smallest absolute Gasteiger partial charge is 0.254 e. The minimum absolute atomic E-state index is 0.0210. The van der Waals surface area contributed by atoms with E-state index in [0.717, 1.165) is 48.3 Å². The van der Waals surface area contributed by atoms with Crippen molar-refractivity contribution in [3.8, 4) is 16.9 Å². The van der Waals surface area contributed by atoms with Crippen molar-refractivity contribution in [2.45, 2.75) is 91.6 Å². The first-order chi connectivity index (χ1) is 20.5. The number of carbonyl (C=O) groups is 1. The maximum absolute atomic E-state index is 13.2. The molecule has 43 heavy (non-hydrogen) atoms. The Morgan fingerprint density at radius 1 is 0.977 bits per heavy atom. The molecule has 0 spiro atoms. The summed E-state index contributed by atoms with van der Waals surface area (Å²) in [4.78, 5) is 17.9. The quantitative estimate of drug-likeness (QED) is 0.153. The van der Waals surface area contributed by atoms with E-state index in [9.17, 15) is 4.79 Å². The van der Waals surface area contributed by atoms with E-state index < -0.39 is 0 Å². The van der Waals surface area contributed by atoms with E-state index >= 15 is 0 Å². The van der Waals surface area contributed by atoms with Crippen LogP contribution in [0.5, 0.6) is 5.75 Å². The topological polar surface area (TPSA) is 77.8 Å². The molecule has 0 aliphatic rings. The van der Waals surface area contributed by atoms with Crippen LogP contribution < -0.4 is 10.1 Å². The van der Waals surface area contributed by atoms with Crippen LogP contribution in [0.3, 0.4) is 0 Å². The Kier molecular flexibility index (Phi) is 10.3. The van der Waals surface area contributed by atoms with Gasteiger partial charge in [0, 0.05) is 31.0 Å². The number of aryl methyl sites for hydroxylation is 1. The molecule has 0 fully saturated rings. The predicted octanol–water partition coefficient (Wildman–Crippen LogP) is 7.82. The third kappa shape index (κ3) is 7.10. The molecule has 7 heteroatoms.